The number of hydrogen-bond acceptors (Lipinski definition) is 4. The van der Waals surface area contributed by atoms with Crippen molar-refractivity contribution in [1.29, 1.82) is 0 Å². The number of piperidine rings is 1. The van der Waals surface area contributed by atoms with Gasteiger partial charge in [-0.3, -0.25) is 0 Å². The number of carbonyl (C=O) groups is 1. The van der Waals surface area contributed by atoms with Gasteiger partial charge in [-0.25, -0.2) is 4.79 Å². The van der Waals surface area contributed by atoms with Crippen LogP contribution in [-0.4, -0.2) is 51.3 Å². The maximum absolute atomic E-state index is 11.5. The number of hydrogen-bond donors (Lipinski definition) is 1. The third-order valence-electron chi connectivity index (χ3n) is 4.30. The molecule has 1 aliphatic heterocycles. The Morgan fingerprint density at radius 2 is 1.95 bits per heavy atom. The van der Waals surface area contributed by atoms with Crippen LogP contribution >= 0.6 is 0 Å². The molecule has 1 aromatic rings. The molecule has 122 valence electrons. The number of ether oxygens (including phenoxy) is 1. The lowest BCUT2D eigenvalue weighted by molar-refractivity contribution is 0.109. The van der Waals surface area contributed by atoms with Crippen LogP contribution in [0, 0.1) is 0 Å². The number of methoxy groups -OCH3 is 1. The second kappa shape index (κ2) is 7.49. The lowest BCUT2D eigenvalue weighted by Gasteiger charge is -2.33. The molecular weight excluding hydrogens is 278 g/mol. The topological polar surface area (TPSA) is 44.8 Å². The molecule has 5 nitrogen and oxygen atoms in total. The van der Waals surface area contributed by atoms with Crippen molar-refractivity contribution in [1.82, 2.24) is 10.2 Å². The molecule has 1 amide bonds. The normalized spacial score (nSPS) is 17.2. The van der Waals surface area contributed by atoms with Crippen molar-refractivity contribution in [2.45, 2.75) is 31.8 Å². The Morgan fingerprint density at radius 1 is 1.32 bits per heavy atom. The van der Waals surface area contributed by atoms with Crippen molar-refractivity contribution in [3.63, 3.8) is 0 Å². The molecule has 1 atom stereocenters. The van der Waals surface area contributed by atoms with Gasteiger partial charge >= 0.3 is 6.09 Å². The highest BCUT2D eigenvalue weighted by molar-refractivity contribution is 5.67. The second-order valence-corrected chi connectivity index (χ2v) is 6.07. The summed E-state index contributed by atoms with van der Waals surface area (Å²) in [6.45, 7) is 3.72. The van der Waals surface area contributed by atoms with Crippen LogP contribution < -0.4 is 10.2 Å². The fourth-order valence-corrected chi connectivity index (χ4v) is 3.06. The Hall–Kier alpha value is -1.75. The molecule has 1 saturated heterocycles. The van der Waals surface area contributed by atoms with Gasteiger partial charge in [-0.15, -0.1) is 0 Å². The Labute approximate surface area is 133 Å². The summed E-state index contributed by atoms with van der Waals surface area (Å²) in [6, 6.07) is 9.20. The summed E-state index contributed by atoms with van der Waals surface area (Å²) >= 11 is 0. The van der Waals surface area contributed by atoms with Gasteiger partial charge in [0, 0.05) is 45.0 Å². The van der Waals surface area contributed by atoms with E-state index in [1.807, 2.05) is 0 Å². The molecule has 1 aliphatic rings. The van der Waals surface area contributed by atoms with Gasteiger partial charge in [0.25, 0.3) is 0 Å². The monoisotopic (exact) mass is 305 g/mol. The fraction of sp³-hybridized carbons (Fsp3) is 0.588. The lowest BCUT2D eigenvalue weighted by Crippen LogP contribution is -2.45. The molecule has 0 aromatic heterocycles. The molecule has 0 saturated carbocycles. The summed E-state index contributed by atoms with van der Waals surface area (Å²) in [5.41, 5.74) is 2.55. The summed E-state index contributed by atoms with van der Waals surface area (Å²) in [6.07, 6.45) is 1.71. The Kier molecular flexibility index (Phi) is 5.66. The van der Waals surface area contributed by atoms with Crippen LogP contribution in [0.25, 0.3) is 0 Å². The summed E-state index contributed by atoms with van der Waals surface area (Å²) in [5, 5.41) is 3.70. The molecule has 0 bridgehead atoms. The molecule has 0 radical (unpaired) electrons. The number of nitrogens with zero attached hydrogens (tertiary/aromatic N) is 2. The minimum Gasteiger partial charge on any atom is -0.453 e. The quantitative estimate of drug-likeness (QED) is 0.929. The molecule has 2 rings (SSSR count). The van der Waals surface area contributed by atoms with Gasteiger partial charge in [-0.1, -0.05) is 18.2 Å². The van der Waals surface area contributed by atoms with E-state index in [1.54, 1.807) is 4.90 Å². The van der Waals surface area contributed by atoms with E-state index in [0.717, 1.165) is 25.9 Å². The van der Waals surface area contributed by atoms with Crippen LogP contribution in [-0.2, 0) is 4.74 Å². The molecule has 1 fully saturated rings. The van der Waals surface area contributed by atoms with Gasteiger partial charge in [-0.2, -0.15) is 0 Å². The van der Waals surface area contributed by atoms with Crippen LogP contribution in [0.3, 0.4) is 0 Å². The highest BCUT2D eigenvalue weighted by atomic mass is 16.5. The molecule has 1 heterocycles. The first-order valence-corrected chi connectivity index (χ1v) is 7.88. The zero-order valence-electron chi connectivity index (χ0n) is 14.0. The van der Waals surface area contributed by atoms with Gasteiger partial charge in [0.1, 0.15) is 0 Å². The van der Waals surface area contributed by atoms with Crippen LogP contribution in [0.15, 0.2) is 24.3 Å². The smallest absolute Gasteiger partial charge is 0.409 e. The van der Waals surface area contributed by atoms with E-state index in [2.05, 4.69) is 55.5 Å². The first-order valence-electron chi connectivity index (χ1n) is 7.88. The van der Waals surface area contributed by atoms with Crippen LogP contribution in [0.1, 0.15) is 31.4 Å². The van der Waals surface area contributed by atoms with Crippen molar-refractivity contribution in [3.05, 3.63) is 29.8 Å². The van der Waals surface area contributed by atoms with Gasteiger partial charge < -0.3 is 19.9 Å². The highest BCUT2D eigenvalue weighted by Crippen LogP contribution is 2.26. The minimum atomic E-state index is -0.218. The summed E-state index contributed by atoms with van der Waals surface area (Å²) in [5.74, 6) is 0. The van der Waals surface area contributed by atoms with Crippen LogP contribution in [0.5, 0.6) is 0 Å². The van der Waals surface area contributed by atoms with Gasteiger partial charge in [0.2, 0.25) is 0 Å². The Balaban J connectivity index is 1.94. The minimum absolute atomic E-state index is 0.218. The van der Waals surface area contributed by atoms with E-state index in [9.17, 15) is 4.79 Å². The van der Waals surface area contributed by atoms with Crippen molar-refractivity contribution in [2.75, 3.05) is 39.2 Å². The first kappa shape index (κ1) is 16.6. The summed E-state index contributed by atoms with van der Waals surface area (Å²) in [4.78, 5) is 15.4. The van der Waals surface area contributed by atoms with E-state index < -0.39 is 0 Å². The van der Waals surface area contributed by atoms with E-state index in [4.69, 9.17) is 4.74 Å². The molecule has 0 unspecified atom stereocenters. The van der Waals surface area contributed by atoms with E-state index in [0.29, 0.717) is 6.04 Å². The molecular formula is C17H27N3O2. The van der Waals surface area contributed by atoms with Gasteiger partial charge in [0.15, 0.2) is 0 Å². The molecule has 0 aliphatic carbocycles. The zero-order chi connectivity index (χ0) is 16.1. The zero-order valence-corrected chi connectivity index (χ0v) is 14.0. The van der Waals surface area contributed by atoms with E-state index >= 15 is 0 Å². The lowest BCUT2D eigenvalue weighted by atomic mass is 10.0. The van der Waals surface area contributed by atoms with Crippen molar-refractivity contribution in [3.8, 4) is 0 Å². The molecule has 1 N–H and O–H groups in total. The number of carbonyl (C=O) groups excluding carboxylic acids is 1. The maximum atomic E-state index is 11.5. The number of anilines is 1. The number of benzene rings is 1. The molecule has 5 heteroatoms. The number of rotatable bonds is 4. The number of nitrogens with one attached hydrogen (secondary N) is 1. The van der Waals surface area contributed by atoms with Crippen LogP contribution in [0.2, 0.25) is 0 Å². The second-order valence-electron chi connectivity index (χ2n) is 6.07. The van der Waals surface area contributed by atoms with Crippen LogP contribution in [0.4, 0.5) is 10.5 Å². The molecule has 1 aromatic carbocycles. The Morgan fingerprint density at radius 3 is 2.55 bits per heavy atom. The fourth-order valence-electron chi connectivity index (χ4n) is 3.06. The highest BCUT2D eigenvalue weighted by Gasteiger charge is 2.24. The third kappa shape index (κ3) is 3.91. The predicted molar refractivity (Wildman–Crippen MR) is 89.3 cm³/mol. The predicted octanol–water partition coefficient (Wildman–Crippen LogP) is 2.63. The van der Waals surface area contributed by atoms with E-state index in [-0.39, 0.29) is 12.1 Å². The average Bonchev–Trinajstić information content (AvgIpc) is 2.54. The summed E-state index contributed by atoms with van der Waals surface area (Å²) < 4.78 is 4.78. The Bertz CT molecular complexity index is 496. The maximum Gasteiger partial charge on any atom is 0.409 e. The first-order chi connectivity index (χ1) is 10.5. The molecule has 22 heavy (non-hydrogen) atoms. The largest absolute Gasteiger partial charge is 0.453 e. The van der Waals surface area contributed by atoms with Crippen molar-refractivity contribution < 1.29 is 9.53 Å². The third-order valence-corrected chi connectivity index (χ3v) is 4.30. The van der Waals surface area contributed by atoms with E-state index in [1.165, 1.54) is 18.4 Å². The average molecular weight is 305 g/mol. The van der Waals surface area contributed by atoms with Gasteiger partial charge in [-0.05, 0) is 31.4 Å². The van der Waals surface area contributed by atoms with Crippen molar-refractivity contribution in [2.24, 2.45) is 0 Å². The SMILES string of the molecule is COC(=O)N1CCC(N[C@H](C)c2ccccc2N(C)C)CC1. The van der Waals surface area contributed by atoms with Gasteiger partial charge in [0.05, 0.1) is 7.11 Å². The number of amides is 1. The standard InChI is InChI=1S/C17H27N3O2/c1-13(15-7-5-6-8-16(15)19(2)3)18-14-9-11-20(12-10-14)17(21)22-4/h5-8,13-14,18H,9-12H2,1-4H3/t13-/m1/s1. The van der Waals surface area contributed by atoms with Crippen molar-refractivity contribution >= 4 is 11.8 Å². The summed E-state index contributed by atoms with van der Waals surface area (Å²) in [7, 11) is 5.58. The molecule has 0 spiro atoms. The number of likely N-dealkylation sites (tertiary alicyclic amines) is 1. The number of para-hydroxylation sites is 1.